The number of hydrogen-bond acceptors (Lipinski definition) is 6. The van der Waals surface area contributed by atoms with Crippen LogP contribution in [0.2, 0.25) is 0 Å². The van der Waals surface area contributed by atoms with Crippen LogP contribution in [0.15, 0.2) is 88.8 Å². The molecule has 0 saturated carbocycles. The molecule has 0 fully saturated rings. The lowest BCUT2D eigenvalue weighted by atomic mass is 9.95. The topological polar surface area (TPSA) is 89.2 Å². The predicted octanol–water partition coefficient (Wildman–Crippen LogP) is 5.65. The first-order chi connectivity index (χ1) is 17.5. The fourth-order valence-electron chi connectivity index (χ4n) is 4.11. The van der Waals surface area contributed by atoms with E-state index < -0.39 is 23.5 Å². The predicted molar refractivity (Wildman–Crippen MR) is 136 cm³/mol. The third-order valence-corrected chi connectivity index (χ3v) is 5.75. The van der Waals surface area contributed by atoms with E-state index in [1.165, 1.54) is 17.2 Å². The van der Waals surface area contributed by atoms with Gasteiger partial charge in [0, 0.05) is 0 Å². The molecule has 1 atom stereocenters. The van der Waals surface area contributed by atoms with Crippen molar-refractivity contribution >= 4 is 17.8 Å². The highest BCUT2D eigenvalue weighted by Crippen LogP contribution is 2.42. The average Bonchev–Trinajstić information content (AvgIpc) is 3.50. The summed E-state index contributed by atoms with van der Waals surface area (Å²) < 4.78 is 17.1. The molecule has 4 rings (SSSR count). The first-order valence-corrected chi connectivity index (χ1v) is 12.0. The van der Waals surface area contributed by atoms with Crippen LogP contribution in [0.1, 0.15) is 43.2 Å². The summed E-state index contributed by atoms with van der Waals surface area (Å²) in [4.78, 5) is 28.0. The Morgan fingerprint density at radius 3 is 2.56 bits per heavy atom. The molecule has 7 heteroatoms. The van der Waals surface area contributed by atoms with Crippen molar-refractivity contribution in [2.24, 2.45) is 0 Å². The lowest BCUT2D eigenvalue weighted by Gasteiger charge is -2.26. The van der Waals surface area contributed by atoms with Crippen molar-refractivity contribution in [2.75, 3.05) is 13.2 Å². The van der Waals surface area contributed by atoms with Crippen molar-refractivity contribution in [3.05, 3.63) is 101 Å². The lowest BCUT2D eigenvalue weighted by molar-refractivity contribution is -0.130. The number of carbonyl (C=O) groups is 2. The number of ketones is 1. The zero-order chi connectivity index (χ0) is 25.5. The second-order valence-electron chi connectivity index (χ2n) is 8.27. The number of ether oxygens (including phenoxy) is 2. The molecule has 0 aliphatic carbocycles. The van der Waals surface area contributed by atoms with Gasteiger partial charge in [-0.2, -0.15) is 0 Å². The quantitative estimate of drug-likeness (QED) is 0.352. The van der Waals surface area contributed by atoms with Crippen molar-refractivity contribution in [1.82, 2.24) is 4.90 Å². The largest absolute Gasteiger partial charge is 0.503 e. The van der Waals surface area contributed by atoms with Crippen LogP contribution in [0.5, 0.6) is 11.5 Å². The molecule has 3 aromatic rings. The molecular formula is C29H29NO6. The van der Waals surface area contributed by atoms with Gasteiger partial charge < -0.3 is 23.9 Å². The number of nitrogens with zero attached hydrogens (tertiary/aromatic N) is 1. The number of amides is 1. The lowest BCUT2D eigenvalue weighted by Crippen LogP contribution is -2.30. The Kier molecular flexibility index (Phi) is 7.90. The summed E-state index contributed by atoms with van der Waals surface area (Å²) in [5.74, 6) is -0.0551. The molecule has 186 valence electrons. The number of aliphatic hydroxyl groups is 1. The van der Waals surface area contributed by atoms with Gasteiger partial charge in [0.05, 0.1) is 37.6 Å². The van der Waals surface area contributed by atoms with Gasteiger partial charge in [0.1, 0.15) is 5.76 Å². The van der Waals surface area contributed by atoms with Crippen LogP contribution >= 0.6 is 0 Å². The average molecular weight is 488 g/mol. The Balaban J connectivity index is 1.75. The molecule has 1 amide bonds. The van der Waals surface area contributed by atoms with E-state index in [0.717, 1.165) is 12.0 Å². The van der Waals surface area contributed by atoms with Crippen molar-refractivity contribution in [1.29, 1.82) is 0 Å². The number of benzene rings is 2. The van der Waals surface area contributed by atoms with Gasteiger partial charge in [-0.3, -0.25) is 9.59 Å². The first-order valence-electron chi connectivity index (χ1n) is 12.0. The van der Waals surface area contributed by atoms with Crippen LogP contribution in [0.4, 0.5) is 0 Å². The molecular weight excluding hydrogens is 458 g/mol. The molecule has 1 unspecified atom stereocenters. The minimum absolute atomic E-state index is 0.00316. The van der Waals surface area contributed by atoms with E-state index in [2.05, 4.69) is 0 Å². The van der Waals surface area contributed by atoms with Gasteiger partial charge in [-0.1, -0.05) is 49.4 Å². The SMILES string of the molecule is CCCOc1ccc(C2C(C(=O)C=Cc3ccccc3)=C(O)C(=O)N2Cc2ccco2)cc1OCC. The van der Waals surface area contributed by atoms with Crippen LogP contribution in [0.3, 0.4) is 0 Å². The van der Waals surface area contributed by atoms with E-state index >= 15 is 0 Å². The number of furan rings is 1. The van der Waals surface area contributed by atoms with Crippen molar-refractivity contribution in [3.8, 4) is 11.5 Å². The second-order valence-corrected chi connectivity index (χ2v) is 8.27. The number of hydrogen-bond donors (Lipinski definition) is 1. The maximum Gasteiger partial charge on any atom is 0.290 e. The molecule has 1 aromatic heterocycles. The minimum Gasteiger partial charge on any atom is -0.503 e. The highest BCUT2D eigenvalue weighted by atomic mass is 16.5. The van der Waals surface area contributed by atoms with E-state index in [1.807, 2.05) is 44.2 Å². The van der Waals surface area contributed by atoms with E-state index in [0.29, 0.717) is 36.0 Å². The highest BCUT2D eigenvalue weighted by molar-refractivity contribution is 6.14. The Morgan fingerprint density at radius 2 is 1.86 bits per heavy atom. The molecule has 2 heterocycles. The Labute approximate surface area is 210 Å². The summed E-state index contributed by atoms with van der Waals surface area (Å²) in [7, 11) is 0. The fourth-order valence-corrected chi connectivity index (χ4v) is 4.11. The molecule has 1 aliphatic heterocycles. The third-order valence-electron chi connectivity index (χ3n) is 5.75. The van der Waals surface area contributed by atoms with Gasteiger partial charge in [0.25, 0.3) is 5.91 Å². The van der Waals surface area contributed by atoms with Crippen LogP contribution in [-0.4, -0.2) is 34.9 Å². The number of aliphatic hydroxyl groups excluding tert-OH is 1. The molecule has 0 radical (unpaired) electrons. The molecule has 0 spiro atoms. The standard InChI is InChI=1S/C29H29NO6/c1-3-16-36-24-15-13-21(18-25(24)34-4-2)27-26(23(31)14-12-20-9-6-5-7-10-20)28(32)29(33)30(27)19-22-11-8-17-35-22/h5-15,17-18,27,32H,3-4,16,19H2,1-2H3. The molecule has 36 heavy (non-hydrogen) atoms. The summed E-state index contributed by atoms with van der Waals surface area (Å²) >= 11 is 0. The van der Waals surface area contributed by atoms with Gasteiger partial charge in [0.2, 0.25) is 0 Å². The number of allylic oxidation sites excluding steroid dienone is 1. The normalized spacial score (nSPS) is 15.7. The zero-order valence-corrected chi connectivity index (χ0v) is 20.3. The Hall–Kier alpha value is -4.26. The monoisotopic (exact) mass is 487 g/mol. The second kappa shape index (κ2) is 11.4. The molecule has 7 nitrogen and oxygen atoms in total. The molecule has 0 bridgehead atoms. The fraction of sp³-hybridized carbons (Fsp3) is 0.241. The van der Waals surface area contributed by atoms with Gasteiger partial charge >= 0.3 is 0 Å². The maximum absolute atomic E-state index is 13.4. The molecule has 1 N–H and O–H groups in total. The van der Waals surface area contributed by atoms with E-state index in [-0.39, 0.29) is 12.1 Å². The summed E-state index contributed by atoms with van der Waals surface area (Å²) in [5, 5.41) is 10.8. The number of carbonyl (C=O) groups excluding carboxylic acids is 2. The molecule has 1 aliphatic rings. The smallest absolute Gasteiger partial charge is 0.290 e. The summed E-state index contributed by atoms with van der Waals surface area (Å²) in [6.45, 7) is 4.91. The van der Waals surface area contributed by atoms with Crippen LogP contribution < -0.4 is 9.47 Å². The van der Waals surface area contributed by atoms with E-state index in [4.69, 9.17) is 13.9 Å². The van der Waals surface area contributed by atoms with Gasteiger partial charge in [-0.05, 0) is 54.8 Å². The van der Waals surface area contributed by atoms with E-state index in [1.54, 1.807) is 36.4 Å². The van der Waals surface area contributed by atoms with Crippen molar-refractivity contribution < 1.29 is 28.6 Å². The Morgan fingerprint density at radius 1 is 1.06 bits per heavy atom. The third kappa shape index (κ3) is 5.35. The van der Waals surface area contributed by atoms with Gasteiger partial charge in [0.15, 0.2) is 23.0 Å². The maximum atomic E-state index is 13.4. The molecule has 2 aromatic carbocycles. The van der Waals surface area contributed by atoms with Crippen molar-refractivity contribution in [2.45, 2.75) is 32.9 Å². The van der Waals surface area contributed by atoms with E-state index in [9.17, 15) is 14.7 Å². The Bertz CT molecular complexity index is 1260. The summed E-state index contributed by atoms with van der Waals surface area (Å²) in [6, 6.07) is 17.3. The minimum atomic E-state index is -0.838. The first kappa shape index (κ1) is 24.9. The summed E-state index contributed by atoms with van der Waals surface area (Å²) in [5.41, 5.74) is 1.45. The van der Waals surface area contributed by atoms with Crippen LogP contribution in [0.25, 0.3) is 6.08 Å². The van der Waals surface area contributed by atoms with Crippen molar-refractivity contribution in [3.63, 3.8) is 0 Å². The highest BCUT2D eigenvalue weighted by Gasteiger charge is 2.43. The van der Waals surface area contributed by atoms with Gasteiger partial charge in [-0.25, -0.2) is 0 Å². The van der Waals surface area contributed by atoms with Gasteiger partial charge in [-0.15, -0.1) is 0 Å². The number of rotatable bonds is 11. The zero-order valence-electron chi connectivity index (χ0n) is 20.3. The van der Waals surface area contributed by atoms with Crippen LogP contribution in [-0.2, 0) is 16.1 Å². The molecule has 0 saturated heterocycles. The van der Waals surface area contributed by atoms with Crippen LogP contribution in [0, 0.1) is 0 Å². The summed E-state index contributed by atoms with van der Waals surface area (Å²) in [6.07, 6.45) is 5.39.